The maximum absolute atomic E-state index is 13.1. The van der Waals surface area contributed by atoms with E-state index in [2.05, 4.69) is 0 Å². The van der Waals surface area contributed by atoms with E-state index in [1.54, 1.807) is 0 Å². The van der Waals surface area contributed by atoms with Crippen LogP contribution in [-0.2, 0) is 6.61 Å². The molecule has 0 fully saturated rings. The first-order valence-corrected chi connectivity index (χ1v) is 3.84. The highest BCUT2D eigenvalue weighted by molar-refractivity contribution is 6.31. The zero-order chi connectivity index (χ0) is 10.0. The summed E-state index contributed by atoms with van der Waals surface area (Å²) in [5.41, 5.74) is -0.146. The van der Waals surface area contributed by atoms with Gasteiger partial charge in [0.05, 0.1) is 24.3 Å². The maximum Gasteiger partial charge on any atom is 0.169 e. The summed E-state index contributed by atoms with van der Waals surface area (Å²) in [7, 11) is 1.27. The van der Waals surface area contributed by atoms with Crippen molar-refractivity contribution in [2.45, 2.75) is 6.61 Å². The lowest BCUT2D eigenvalue weighted by Crippen LogP contribution is -1.97. The van der Waals surface area contributed by atoms with Crippen molar-refractivity contribution in [2.75, 3.05) is 7.11 Å². The number of ether oxygens (including phenoxy) is 1. The normalized spacial score (nSPS) is 10.2. The van der Waals surface area contributed by atoms with Gasteiger partial charge in [0.2, 0.25) is 0 Å². The lowest BCUT2D eigenvalue weighted by atomic mass is 10.2. The van der Waals surface area contributed by atoms with Gasteiger partial charge in [-0.1, -0.05) is 11.6 Å². The van der Waals surface area contributed by atoms with Gasteiger partial charge < -0.3 is 14.9 Å². The largest absolute Gasteiger partial charge is 0.504 e. The Morgan fingerprint density at radius 1 is 1.62 bits per heavy atom. The van der Waals surface area contributed by atoms with Crippen LogP contribution in [0, 0.1) is 5.82 Å². The van der Waals surface area contributed by atoms with Crippen LogP contribution < -0.4 is 4.74 Å². The van der Waals surface area contributed by atoms with E-state index in [-0.39, 0.29) is 22.1 Å². The summed E-state index contributed by atoms with van der Waals surface area (Å²) in [5.74, 6) is -1.17. The van der Waals surface area contributed by atoms with Gasteiger partial charge in [-0.25, -0.2) is 4.39 Å². The van der Waals surface area contributed by atoms with Crippen molar-refractivity contribution in [1.29, 1.82) is 0 Å². The van der Waals surface area contributed by atoms with Crippen molar-refractivity contribution >= 4 is 11.6 Å². The van der Waals surface area contributed by atoms with Crippen LogP contribution in [0.2, 0.25) is 5.02 Å². The van der Waals surface area contributed by atoms with Gasteiger partial charge in [0, 0.05) is 6.07 Å². The smallest absolute Gasteiger partial charge is 0.169 e. The van der Waals surface area contributed by atoms with Gasteiger partial charge in [-0.3, -0.25) is 0 Å². The van der Waals surface area contributed by atoms with E-state index in [0.29, 0.717) is 0 Å². The van der Waals surface area contributed by atoms with Gasteiger partial charge in [0.25, 0.3) is 0 Å². The number of aromatic hydroxyl groups is 1. The molecule has 5 heteroatoms. The highest BCUT2D eigenvalue weighted by Crippen LogP contribution is 2.36. The van der Waals surface area contributed by atoms with Crippen molar-refractivity contribution in [3.63, 3.8) is 0 Å². The Kier molecular flexibility index (Phi) is 2.95. The van der Waals surface area contributed by atoms with Crippen LogP contribution in [0.3, 0.4) is 0 Å². The van der Waals surface area contributed by atoms with Crippen LogP contribution in [0.25, 0.3) is 0 Å². The molecule has 1 rings (SSSR count). The molecule has 2 N–H and O–H groups in total. The molecule has 0 aromatic heterocycles. The van der Waals surface area contributed by atoms with E-state index in [0.717, 1.165) is 6.07 Å². The number of rotatable bonds is 2. The Bertz CT molecular complexity index is 328. The topological polar surface area (TPSA) is 49.7 Å². The van der Waals surface area contributed by atoms with Gasteiger partial charge in [-0.2, -0.15) is 0 Å². The van der Waals surface area contributed by atoms with Gasteiger partial charge in [-0.05, 0) is 0 Å². The molecule has 3 nitrogen and oxygen atoms in total. The number of hydrogen-bond donors (Lipinski definition) is 2. The summed E-state index contributed by atoms with van der Waals surface area (Å²) >= 11 is 5.43. The summed E-state index contributed by atoms with van der Waals surface area (Å²) in [6.07, 6.45) is 0. The summed E-state index contributed by atoms with van der Waals surface area (Å²) in [6.45, 7) is -0.580. The first kappa shape index (κ1) is 10.1. The molecule has 0 saturated heterocycles. The second kappa shape index (κ2) is 3.81. The molecule has 72 valence electrons. The van der Waals surface area contributed by atoms with Crippen LogP contribution in [0.4, 0.5) is 4.39 Å². The Labute approximate surface area is 79.3 Å². The number of phenolic OH excluding ortho intramolecular Hbond substituents is 1. The summed E-state index contributed by atoms with van der Waals surface area (Å²) in [6, 6.07) is 1.02. The predicted octanol–water partition coefficient (Wildman–Crippen LogP) is 1.69. The SMILES string of the molecule is COc1c(O)cc(Cl)c(F)c1CO. The molecule has 0 amide bonds. The van der Waals surface area contributed by atoms with Gasteiger partial charge in [-0.15, -0.1) is 0 Å². The number of halogens is 2. The Hall–Kier alpha value is -1.00. The minimum Gasteiger partial charge on any atom is -0.504 e. The van der Waals surface area contributed by atoms with E-state index in [1.807, 2.05) is 0 Å². The molecule has 0 aliphatic heterocycles. The third kappa shape index (κ3) is 1.68. The zero-order valence-corrected chi connectivity index (χ0v) is 7.60. The molecule has 13 heavy (non-hydrogen) atoms. The highest BCUT2D eigenvalue weighted by atomic mass is 35.5. The fraction of sp³-hybridized carbons (Fsp3) is 0.250. The van der Waals surface area contributed by atoms with Crippen LogP contribution in [0.5, 0.6) is 11.5 Å². The van der Waals surface area contributed by atoms with Crippen molar-refractivity contribution in [3.05, 3.63) is 22.5 Å². The monoisotopic (exact) mass is 206 g/mol. The number of methoxy groups -OCH3 is 1. The number of phenols is 1. The third-order valence-electron chi connectivity index (χ3n) is 1.61. The fourth-order valence-electron chi connectivity index (χ4n) is 1.02. The van der Waals surface area contributed by atoms with E-state index in [9.17, 15) is 9.50 Å². The Morgan fingerprint density at radius 2 is 2.23 bits per heavy atom. The first-order valence-electron chi connectivity index (χ1n) is 3.46. The Morgan fingerprint density at radius 3 is 2.69 bits per heavy atom. The lowest BCUT2D eigenvalue weighted by Gasteiger charge is -2.09. The molecule has 0 heterocycles. The standard InChI is InChI=1S/C8H8ClFO3/c1-13-8-4(3-11)7(10)5(9)2-6(8)12/h2,11-12H,3H2,1H3. The molecule has 0 aliphatic rings. The molecule has 1 aromatic rings. The van der Waals surface area contributed by atoms with E-state index in [1.165, 1.54) is 7.11 Å². The molecule has 0 radical (unpaired) electrons. The number of hydrogen-bond acceptors (Lipinski definition) is 3. The molecule has 0 unspecified atom stereocenters. The quantitative estimate of drug-likeness (QED) is 0.774. The minimum absolute atomic E-state index is 0.0931. The van der Waals surface area contributed by atoms with Gasteiger partial charge in [0.1, 0.15) is 0 Å². The second-order valence-corrected chi connectivity index (χ2v) is 2.77. The average Bonchev–Trinajstić information content (AvgIpc) is 2.10. The first-order chi connectivity index (χ1) is 6.11. The molecule has 0 bridgehead atoms. The predicted molar refractivity (Wildman–Crippen MR) is 45.5 cm³/mol. The van der Waals surface area contributed by atoms with Crippen LogP contribution in [0.1, 0.15) is 5.56 Å². The van der Waals surface area contributed by atoms with E-state index >= 15 is 0 Å². The second-order valence-electron chi connectivity index (χ2n) is 2.36. The maximum atomic E-state index is 13.1. The summed E-state index contributed by atoms with van der Waals surface area (Å²) in [4.78, 5) is 0. The van der Waals surface area contributed by atoms with Crippen molar-refractivity contribution in [3.8, 4) is 11.5 Å². The molecule has 0 atom stereocenters. The fourth-order valence-corrected chi connectivity index (χ4v) is 1.23. The molecule has 0 spiro atoms. The van der Waals surface area contributed by atoms with Crippen molar-refractivity contribution in [2.24, 2.45) is 0 Å². The zero-order valence-electron chi connectivity index (χ0n) is 6.84. The molecular weight excluding hydrogens is 199 g/mol. The van der Waals surface area contributed by atoms with Crippen molar-refractivity contribution in [1.82, 2.24) is 0 Å². The summed E-state index contributed by atoms with van der Waals surface area (Å²) < 4.78 is 17.8. The average molecular weight is 207 g/mol. The number of benzene rings is 1. The molecular formula is C8H8ClFO3. The van der Waals surface area contributed by atoms with Gasteiger partial charge >= 0.3 is 0 Å². The number of aliphatic hydroxyl groups is 1. The van der Waals surface area contributed by atoms with Gasteiger partial charge in [0.15, 0.2) is 17.3 Å². The Balaban J connectivity index is 3.41. The number of aliphatic hydroxyl groups excluding tert-OH is 1. The van der Waals surface area contributed by atoms with Crippen LogP contribution in [-0.4, -0.2) is 17.3 Å². The molecule has 0 saturated carbocycles. The molecule has 0 aliphatic carbocycles. The lowest BCUT2D eigenvalue weighted by molar-refractivity contribution is 0.263. The summed E-state index contributed by atoms with van der Waals surface area (Å²) in [5, 5.41) is 17.8. The van der Waals surface area contributed by atoms with E-state index < -0.39 is 12.4 Å². The van der Waals surface area contributed by atoms with Crippen LogP contribution >= 0.6 is 11.6 Å². The highest BCUT2D eigenvalue weighted by Gasteiger charge is 2.16. The third-order valence-corrected chi connectivity index (χ3v) is 1.88. The van der Waals surface area contributed by atoms with Crippen LogP contribution in [0.15, 0.2) is 6.07 Å². The van der Waals surface area contributed by atoms with Crippen molar-refractivity contribution < 1.29 is 19.3 Å². The molecule has 1 aromatic carbocycles. The minimum atomic E-state index is -0.779. The van der Waals surface area contributed by atoms with E-state index in [4.69, 9.17) is 21.4 Å².